The summed E-state index contributed by atoms with van der Waals surface area (Å²) in [5.74, 6) is 0.874. The van der Waals surface area contributed by atoms with Crippen molar-refractivity contribution >= 4 is 21.6 Å². The molecule has 1 aromatic rings. The first kappa shape index (κ1) is 13.9. The quantitative estimate of drug-likeness (QED) is 0.789. The van der Waals surface area contributed by atoms with Gasteiger partial charge in [-0.1, -0.05) is 20.8 Å². The van der Waals surface area contributed by atoms with E-state index in [0.717, 1.165) is 16.2 Å². The van der Waals surface area contributed by atoms with Gasteiger partial charge in [0, 0.05) is 6.04 Å². The summed E-state index contributed by atoms with van der Waals surface area (Å²) in [5, 5.41) is 3.60. The molecule has 1 aromatic heterocycles. The molecule has 1 fully saturated rings. The van der Waals surface area contributed by atoms with Crippen LogP contribution in [0.4, 0.5) is 5.69 Å². The van der Waals surface area contributed by atoms with Crippen molar-refractivity contribution in [2.24, 2.45) is 11.3 Å². The lowest BCUT2D eigenvalue weighted by Crippen LogP contribution is -2.31. The Hall–Kier alpha value is -0.570. The zero-order valence-electron chi connectivity index (χ0n) is 11.5. The van der Waals surface area contributed by atoms with E-state index >= 15 is 0 Å². The molecule has 0 bridgehead atoms. The van der Waals surface area contributed by atoms with Crippen LogP contribution in [0.5, 0.6) is 0 Å². The molecule has 1 aliphatic rings. The summed E-state index contributed by atoms with van der Waals surface area (Å²) in [5.41, 5.74) is 1.60. The average molecular weight is 311 g/mol. The number of aromatic nitrogens is 1. The molecule has 0 aliphatic heterocycles. The Kier molecular flexibility index (Phi) is 4.31. The van der Waals surface area contributed by atoms with Crippen LogP contribution in [0.1, 0.15) is 46.5 Å². The van der Waals surface area contributed by atoms with Gasteiger partial charge in [-0.05, 0) is 65.1 Å². The fourth-order valence-electron chi connectivity index (χ4n) is 2.80. The summed E-state index contributed by atoms with van der Waals surface area (Å²) in [4.78, 5) is 4.25. The number of hydrogen-bond donors (Lipinski definition) is 1. The molecule has 0 atom stereocenters. The molecule has 0 aromatic carbocycles. The van der Waals surface area contributed by atoms with Crippen LogP contribution < -0.4 is 5.32 Å². The van der Waals surface area contributed by atoms with Gasteiger partial charge in [-0.2, -0.15) is 0 Å². The molecule has 0 unspecified atom stereocenters. The van der Waals surface area contributed by atoms with Crippen LogP contribution in [0.15, 0.2) is 22.9 Å². The lowest BCUT2D eigenvalue weighted by atomic mass is 9.71. The number of rotatable bonds is 2. The van der Waals surface area contributed by atoms with Crippen molar-refractivity contribution in [2.75, 3.05) is 5.32 Å². The maximum atomic E-state index is 4.25. The number of halogens is 1. The Morgan fingerprint density at radius 1 is 1.17 bits per heavy atom. The van der Waals surface area contributed by atoms with Crippen LogP contribution in [0.2, 0.25) is 0 Å². The Bertz CT molecular complexity index is 372. The van der Waals surface area contributed by atoms with E-state index in [0.29, 0.717) is 11.5 Å². The Morgan fingerprint density at radius 2 is 1.83 bits per heavy atom. The third-order valence-corrected chi connectivity index (χ3v) is 4.52. The van der Waals surface area contributed by atoms with Gasteiger partial charge in [0.05, 0.1) is 11.9 Å². The summed E-state index contributed by atoms with van der Waals surface area (Å²) < 4.78 is 0.893. The third-order valence-electron chi connectivity index (χ3n) is 4.05. The van der Waals surface area contributed by atoms with E-state index in [1.54, 1.807) is 0 Å². The predicted molar refractivity (Wildman–Crippen MR) is 80.8 cm³/mol. The number of nitrogens with one attached hydrogen (secondary N) is 1. The molecule has 1 saturated carbocycles. The average Bonchev–Trinajstić information content (AvgIpc) is 2.32. The van der Waals surface area contributed by atoms with Gasteiger partial charge in [0.25, 0.3) is 0 Å². The van der Waals surface area contributed by atoms with Gasteiger partial charge in [-0.3, -0.25) is 0 Å². The number of pyridine rings is 1. The predicted octanol–water partition coefficient (Wildman–Crippen LogP) is 4.86. The minimum Gasteiger partial charge on any atom is -0.381 e. The van der Waals surface area contributed by atoms with Crippen LogP contribution in [0.3, 0.4) is 0 Å². The molecule has 0 saturated heterocycles. The minimum absolute atomic E-state index is 0.462. The molecular weight excluding hydrogens is 288 g/mol. The highest BCUT2D eigenvalue weighted by atomic mass is 79.9. The van der Waals surface area contributed by atoms with Crippen molar-refractivity contribution in [3.8, 4) is 0 Å². The second-order valence-electron chi connectivity index (χ2n) is 6.43. The zero-order chi connectivity index (χ0) is 13.2. The van der Waals surface area contributed by atoms with E-state index in [1.165, 1.54) is 25.7 Å². The van der Waals surface area contributed by atoms with Gasteiger partial charge in [0.15, 0.2) is 0 Å². The summed E-state index contributed by atoms with van der Waals surface area (Å²) in [7, 11) is 0. The molecule has 1 N–H and O–H groups in total. The third kappa shape index (κ3) is 3.71. The Balaban J connectivity index is 1.85. The summed E-state index contributed by atoms with van der Waals surface area (Å²) >= 11 is 3.36. The summed E-state index contributed by atoms with van der Waals surface area (Å²) in [6.45, 7) is 7.10. The fourth-order valence-corrected chi connectivity index (χ4v) is 3.04. The standard InChI is InChI=1S/C15H23BrN2/c1-15(2,3)11-4-6-12(7-5-11)18-13-8-9-14(16)17-10-13/h8-12,18H,4-7H2,1-3H3. The Morgan fingerprint density at radius 3 is 2.33 bits per heavy atom. The molecule has 0 spiro atoms. The van der Waals surface area contributed by atoms with Crippen LogP contribution in [0, 0.1) is 11.3 Å². The van der Waals surface area contributed by atoms with E-state index in [4.69, 9.17) is 0 Å². The highest BCUT2D eigenvalue weighted by molar-refractivity contribution is 9.10. The fraction of sp³-hybridized carbons (Fsp3) is 0.667. The normalized spacial score (nSPS) is 24.9. The smallest absolute Gasteiger partial charge is 0.106 e. The number of hydrogen-bond acceptors (Lipinski definition) is 2. The second-order valence-corrected chi connectivity index (χ2v) is 7.24. The minimum atomic E-state index is 0.462. The molecular formula is C15H23BrN2. The monoisotopic (exact) mass is 310 g/mol. The van der Waals surface area contributed by atoms with E-state index in [9.17, 15) is 0 Å². The van der Waals surface area contributed by atoms with Crippen LogP contribution in [0.25, 0.3) is 0 Å². The van der Waals surface area contributed by atoms with Crippen molar-refractivity contribution in [2.45, 2.75) is 52.5 Å². The first-order valence-corrected chi connectivity index (χ1v) is 7.62. The van der Waals surface area contributed by atoms with Crippen molar-refractivity contribution in [3.63, 3.8) is 0 Å². The molecule has 100 valence electrons. The van der Waals surface area contributed by atoms with E-state index in [1.807, 2.05) is 12.3 Å². The van der Waals surface area contributed by atoms with Gasteiger partial charge in [0.2, 0.25) is 0 Å². The first-order chi connectivity index (χ1) is 8.45. The van der Waals surface area contributed by atoms with E-state index in [-0.39, 0.29) is 0 Å². The topological polar surface area (TPSA) is 24.9 Å². The molecule has 0 radical (unpaired) electrons. The largest absolute Gasteiger partial charge is 0.381 e. The summed E-state index contributed by atoms with van der Waals surface area (Å²) in [6.07, 6.45) is 7.13. The van der Waals surface area contributed by atoms with Gasteiger partial charge in [-0.15, -0.1) is 0 Å². The molecule has 18 heavy (non-hydrogen) atoms. The van der Waals surface area contributed by atoms with E-state index in [2.05, 4.69) is 53.1 Å². The van der Waals surface area contributed by atoms with Gasteiger partial charge >= 0.3 is 0 Å². The Labute approximate surface area is 119 Å². The van der Waals surface area contributed by atoms with Crippen molar-refractivity contribution < 1.29 is 0 Å². The van der Waals surface area contributed by atoms with Crippen molar-refractivity contribution in [1.82, 2.24) is 4.98 Å². The molecule has 3 heteroatoms. The highest BCUT2D eigenvalue weighted by Crippen LogP contribution is 2.38. The second kappa shape index (κ2) is 5.60. The van der Waals surface area contributed by atoms with Gasteiger partial charge in [0.1, 0.15) is 4.60 Å². The number of nitrogens with zero attached hydrogens (tertiary/aromatic N) is 1. The summed E-state index contributed by atoms with van der Waals surface area (Å²) in [6, 6.07) is 4.70. The highest BCUT2D eigenvalue weighted by Gasteiger charge is 2.29. The van der Waals surface area contributed by atoms with Crippen molar-refractivity contribution in [1.29, 1.82) is 0 Å². The van der Waals surface area contributed by atoms with Gasteiger partial charge in [-0.25, -0.2) is 4.98 Å². The number of anilines is 1. The molecule has 1 heterocycles. The molecule has 2 nitrogen and oxygen atoms in total. The van der Waals surface area contributed by atoms with Gasteiger partial charge < -0.3 is 5.32 Å². The van der Waals surface area contributed by atoms with Crippen LogP contribution in [-0.4, -0.2) is 11.0 Å². The molecule has 1 aliphatic carbocycles. The van der Waals surface area contributed by atoms with E-state index < -0.39 is 0 Å². The lowest BCUT2D eigenvalue weighted by Gasteiger charge is -2.37. The molecule has 0 amide bonds. The maximum absolute atomic E-state index is 4.25. The first-order valence-electron chi connectivity index (χ1n) is 6.83. The SMILES string of the molecule is CC(C)(C)C1CCC(Nc2ccc(Br)nc2)CC1. The van der Waals surface area contributed by atoms with Crippen LogP contribution in [-0.2, 0) is 0 Å². The molecule has 2 rings (SSSR count). The lowest BCUT2D eigenvalue weighted by molar-refractivity contribution is 0.173. The zero-order valence-corrected chi connectivity index (χ0v) is 13.1. The maximum Gasteiger partial charge on any atom is 0.106 e. The van der Waals surface area contributed by atoms with Crippen LogP contribution >= 0.6 is 15.9 Å². The van der Waals surface area contributed by atoms with Crippen molar-refractivity contribution in [3.05, 3.63) is 22.9 Å².